The Labute approximate surface area is 122 Å². The molecular weight excluding hydrogens is 274 g/mol. The summed E-state index contributed by atoms with van der Waals surface area (Å²) >= 11 is 1.51. The van der Waals surface area contributed by atoms with E-state index in [1.54, 1.807) is 31.4 Å². The fourth-order valence-corrected chi connectivity index (χ4v) is 2.58. The fourth-order valence-electron chi connectivity index (χ4n) is 1.76. The molecule has 0 atom stereocenters. The number of anilines is 1. The summed E-state index contributed by atoms with van der Waals surface area (Å²) in [5.41, 5.74) is 1.25. The molecule has 0 saturated heterocycles. The van der Waals surface area contributed by atoms with E-state index in [0.717, 1.165) is 16.3 Å². The van der Waals surface area contributed by atoms with Gasteiger partial charge in [0.15, 0.2) is 0 Å². The lowest BCUT2D eigenvalue weighted by atomic mass is 10.2. The molecule has 0 fully saturated rings. The van der Waals surface area contributed by atoms with E-state index >= 15 is 0 Å². The van der Waals surface area contributed by atoms with E-state index in [-0.39, 0.29) is 5.56 Å². The largest absolute Gasteiger partial charge is 0.495 e. The minimum atomic E-state index is -0.917. The van der Waals surface area contributed by atoms with Gasteiger partial charge in [0.1, 0.15) is 5.75 Å². The Morgan fingerprint density at radius 1 is 1.15 bits per heavy atom. The van der Waals surface area contributed by atoms with Crippen LogP contribution in [0.5, 0.6) is 5.75 Å². The second-order valence-corrected chi connectivity index (χ2v) is 5.29. The first-order valence-electron chi connectivity index (χ1n) is 6.00. The van der Waals surface area contributed by atoms with Gasteiger partial charge in [-0.3, -0.25) is 0 Å². The highest BCUT2D eigenvalue weighted by Gasteiger charge is 2.09. The Hall–Kier alpha value is -2.14. The number of nitrogens with zero attached hydrogens (tertiary/aromatic N) is 1. The molecule has 0 aliphatic rings. The second kappa shape index (κ2) is 6.34. The standard InChI is InChI=1S/C15H15NO3S/c1-16(13-5-3-4-6-14(13)19-2)20-12-9-7-11(8-10-12)15(17)18/h3-10H,1-2H3,(H,17,18). The molecule has 0 aromatic heterocycles. The van der Waals surface area contributed by atoms with E-state index in [1.165, 1.54) is 11.9 Å². The normalized spacial score (nSPS) is 10.1. The van der Waals surface area contributed by atoms with Crippen molar-refractivity contribution < 1.29 is 14.6 Å². The summed E-state index contributed by atoms with van der Waals surface area (Å²) in [5.74, 6) is -0.121. The summed E-state index contributed by atoms with van der Waals surface area (Å²) in [6, 6.07) is 14.5. The number of para-hydroxylation sites is 2. The molecule has 0 amide bonds. The van der Waals surface area contributed by atoms with Gasteiger partial charge < -0.3 is 14.1 Å². The zero-order valence-corrected chi connectivity index (χ0v) is 12.1. The molecule has 2 aromatic rings. The summed E-state index contributed by atoms with van der Waals surface area (Å²) in [6.45, 7) is 0. The molecule has 0 radical (unpaired) electrons. The maximum Gasteiger partial charge on any atom is 0.335 e. The number of hydrogen-bond acceptors (Lipinski definition) is 4. The van der Waals surface area contributed by atoms with E-state index in [0.29, 0.717) is 0 Å². The summed E-state index contributed by atoms with van der Waals surface area (Å²) in [4.78, 5) is 11.8. The molecule has 0 aliphatic heterocycles. The summed E-state index contributed by atoms with van der Waals surface area (Å²) in [6.07, 6.45) is 0. The first-order valence-corrected chi connectivity index (χ1v) is 6.77. The van der Waals surface area contributed by atoms with Crippen LogP contribution in [-0.4, -0.2) is 25.2 Å². The Balaban J connectivity index is 2.14. The molecule has 0 spiro atoms. The number of carbonyl (C=O) groups is 1. The van der Waals surface area contributed by atoms with Crippen LogP contribution in [0.25, 0.3) is 0 Å². The van der Waals surface area contributed by atoms with Gasteiger partial charge in [0.2, 0.25) is 0 Å². The van der Waals surface area contributed by atoms with Crippen molar-refractivity contribution >= 4 is 23.6 Å². The van der Waals surface area contributed by atoms with Crippen LogP contribution in [0.2, 0.25) is 0 Å². The third kappa shape index (κ3) is 3.24. The molecule has 0 aliphatic carbocycles. The number of ether oxygens (including phenoxy) is 1. The molecule has 20 heavy (non-hydrogen) atoms. The molecule has 4 nitrogen and oxygen atoms in total. The smallest absolute Gasteiger partial charge is 0.335 e. The van der Waals surface area contributed by atoms with Crippen LogP contribution in [0.1, 0.15) is 10.4 Å². The predicted octanol–water partition coefficient (Wildman–Crippen LogP) is 3.54. The Bertz CT molecular complexity index is 598. The third-order valence-electron chi connectivity index (χ3n) is 2.77. The van der Waals surface area contributed by atoms with Crippen LogP contribution in [0.15, 0.2) is 53.4 Å². The highest BCUT2D eigenvalue weighted by molar-refractivity contribution is 8.00. The number of benzene rings is 2. The fraction of sp³-hybridized carbons (Fsp3) is 0.133. The molecule has 0 unspecified atom stereocenters. The summed E-state index contributed by atoms with van der Waals surface area (Å²) in [7, 11) is 3.58. The Morgan fingerprint density at radius 2 is 1.80 bits per heavy atom. The lowest BCUT2D eigenvalue weighted by Crippen LogP contribution is -2.07. The molecule has 2 rings (SSSR count). The molecule has 0 heterocycles. The maximum atomic E-state index is 10.8. The zero-order valence-electron chi connectivity index (χ0n) is 11.2. The van der Waals surface area contributed by atoms with Crippen LogP contribution >= 0.6 is 11.9 Å². The molecule has 1 N–H and O–H groups in total. The van der Waals surface area contributed by atoms with Gasteiger partial charge in [-0.2, -0.15) is 0 Å². The Morgan fingerprint density at radius 3 is 2.40 bits per heavy atom. The van der Waals surface area contributed by atoms with E-state index in [9.17, 15) is 4.79 Å². The van der Waals surface area contributed by atoms with Gasteiger partial charge in [0.25, 0.3) is 0 Å². The lowest BCUT2D eigenvalue weighted by Gasteiger charge is -2.20. The highest BCUT2D eigenvalue weighted by atomic mass is 32.2. The number of carboxylic acid groups (broad SMARTS) is 1. The first-order chi connectivity index (χ1) is 9.61. The van der Waals surface area contributed by atoms with E-state index < -0.39 is 5.97 Å². The van der Waals surface area contributed by atoms with E-state index in [2.05, 4.69) is 0 Å². The van der Waals surface area contributed by atoms with E-state index in [4.69, 9.17) is 9.84 Å². The molecule has 5 heteroatoms. The van der Waals surface area contributed by atoms with Gasteiger partial charge in [0, 0.05) is 11.9 Å². The van der Waals surface area contributed by atoms with Gasteiger partial charge in [-0.15, -0.1) is 0 Å². The van der Waals surface area contributed by atoms with Crippen molar-refractivity contribution in [2.75, 3.05) is 18.5 Å². The van der Waals surface area contributed by atoms with E-state index in [1.807, 2.05) is 35.6 Å². The van der Waals surface area contributed by atoms with Crippen LogP contribution in [0.4, 0.5) is 5.69 Å². The summed E-state index contributed by atoms with van der Waals surface area (Å²) in [5, 5.41) is 8.87. The van der Waals surface area contributed by atoms with Gasteiger partial charge in [-0.1, -0.05) is 12.1 Å². The zero-order chi connectivity index (χ0) is 14.5. The van der Waals surface area contributed by atoms with Crippen LogP contribution < -0.4 is 9.04 Å². The molecule has 104 valence electrons. The van der Waals surface area contributed by atoms with Crippen molar-refractivity contribution in [1.29, 1.82) is 0 Å². The second-order valence-electron chi connectivity index (χ2n) is 4.09. The number of rotatable bonds is 5. The van der Waals surface area contributed by atoms with Crippen LogP contribution in [-0.2, 0) is 0 Å². The van der Waals surface area contributed by atoms with Crippen molar-refractivity contribution in [3.05, 3.63) is 54.1 Å². The predicted molar refractivity (Wildman–Crippen MR) is 80.7 cm³/mol. The monoisotopic (exact) mass is 289 g/mol. The van der Waals surface area contributed by atoms with Gasteiger partial charge in [-0.05, 0) is 48.3 Å². The molecule has 2 aromatic carbocycles. The molecule has 0 bridgehead atoms. The van der Waals surface area contributed by atoms with Gasteiger partial charge in [-0.25, -0.2) is 4.79 Å². The van der Waals surface area contributed by atoms with Crippen molar-refractivity contribution in [2.45, 2.75) is 4.90 Å². The van der Waals surface area contributed by atoms with Crippen molar-refractivity contribution in [2.24, 2.45) is 0 Å². The van der Waals surface area contributed by atoms with Crippen LogP contribution in [0, 0.1) is 0 Å². The van der Waals surface area contributed by atoms with Gasteiger partial charge in [0.05, 0.1) is 18.4 Å². The summed E-state index contributed by atoms with van der Waals surface area (Å²) < 4.78 is 7.30. The average molecular weight is 289 g/mol. The molecule has 0 saturated carbocycles. The first kappa shape index (κ1) is 14.3. The van der Waals surface area contributed by atoms with Crippen molar-refractivity contribution in [1.82, 2.24) is 0 Å². The topological polar surface area (TPSA) is 49.8 Å². The Kier molecular flexibility index (Phi) is 4.53. The van der Waals surface area contributed by atoms with Crippen LogP contribution in [0.3, 0.4) is 0 Å². The number of aromatic carboxylic acids is 1. The highest BCUT2D eigenvalue weighted by Crippen LogP contribution is 2.33. The number of carboxylic acids is 1. The van der Waals surface area contributed by atoms with Crippen molar-refractivity contribution in [3.63, 3.8) is 0 Å². The SMILES string of the molecule is COc1ccccc1N(C)Sc1ccc(C(=O)O)cc1. The van der Waals surface area contributed by atoms with Crippen molar-refractivity contribution in [3.8, 4) is 5.75 Å². The lowest BCUT2D eigenvalue weighted by molar-refractivity contribution is 0.0697. The number of methoxy groups -OCH3 is 1. The average Bonchev–Trinajstić information content (AvgIpc) is 2.47. The minimum absolute atomic E-state index is 0.286. The molecular formula is C15H15NO3S. The van der Waals surface area contributed by atoms with Gasteiger partial charge >= 0.3 is 5.97 Å². The maximum absolute atomic E-state index is 10.8. The number of hydrogen-bond donors (Lipinski definition) is 1. The quantitative estimate of drug-likeness (QED) is 0.853. The third-order valence-corrected chi connectivity index (χ3v) is 3.72. The minimum Gasteiger partial charge on any atom is -0.495 e.